The van der Waals surface area contributed by atoms with Gasteiger partial charge >= 0.3 is 39.3 Å². The van der Waals surface area contributed by atoms with Crippen LogP contribution in [0.15, 0.2) is 0 Å². The first-order chi connectivity index (χ1) is 0. The maximum absolute atomic E-state index is 0. The van der Waals surface area contributed by atoms with Gasteiger partial charge in [-0.3, -0.25) is 0 Å². The van der Waals surface area contributed by atoms with Gasteiger partial charge in [0.15, 0.2) is 17.4 Å². The number of hydrogen-bond acceptors (Lipinski definition) is 0. The fourth-order valence-electron chi connectivity index (χ4n) is 0. The van der Waals surface area contributed by atoms with Crippen LogP contribution in [0.2, 0.25) is 0 Å². The molecule has 0 aromatic carbocycles. The second-order valence-corrected chi connectivity index (χ2v) is 0. The third-order valence-electron chi connectivity index (χ3n) is 0. The summed E-state index contributed by atoms with van der Waals surface area (Å²) < 4.78 is 0. The Hall–Kier alpha value is 1.75. The molecule has 0 saturated carbocycles. The predicted octanol–water partition coefficient (Wildman–Crippen LogP) is -2.49. The van der Waals surface area contributed by atoms with Gasteiger partial charge < -0.3 is 5.48 Å². The molecule has 4 heteroatoms. The Bertz CT molecular complexity index is 8.00. The van der Waals surface area contributed by atoms with Crippen LogP contribution >= 0.6 is 0 Å². The molecule has 0 fully saturated rings. The van der Waals surface area contributed by atoms with E-state index in [0.29, 0.717) is 0 Å². The summed E-state index contributed by atoms with van der Waals surface area (Å²) in [4.78, 5) is 0. The Morgan fingerprint density at radius 1 is 1.00 bits per heavy atom. The van der Waals surface area contributed by atoms with Crippen LogP contribution in [-0.2, 0) is 25.0 Å². The Balaban J connectivity index is 0. The fraction of sp³-hybridized carbons (Fsp3) is 0. The summed E-state index contributed by atoms with van der Waals surface area (Å²) in [5, 5.41) is 0. The molecule has 0 atom stereocenters. The molecule has 0 amide bonds. The first-order valence-electron chi connectivity index (χ1n) is 0. The zero-order valence-corrected chi connectivity index (χ0v) is 4.08. The van der Waals surface area contributed by atoms with Crippen molar-refractivity contribution in [3.63, 3.8) is 0 Å². The molecule has 1 nitrogen and oxygen atoms in total. The van der Waals surface area contributed by atoms with Crippen LogP contribution in [0.3, 0.4) is 0 Å². The first kappa shape index (κ1) is 42.3. The largest absolute Gasteiger partial charge is 2.00 e. The standard InChI is InChI=1S/Al.Ga.O.Zn.6H/q;;-2;+2;;;;;;. The molecule has 0 unspecified atom stereocenters. The van der Waals surface area contributed by atoms with Crippen molar-refractivity contribution in [3.8, 4) is 0 Å². The maximum atomic E-state index is 0. The molecule has 0 aliphatic rings. The monoisotopic (exact) mass is 182 g/mol. The summed E-state index contributed by atoms with van der Waals surface area (Å²) in [5.74, 6) is 0. The average Bonchev–Trinajstić information content (AvgIpc) is 0. The zero-order valence-electron chi connectivity index (χ0n) is 1.12. The SMILES string of the molecule is [AlH3].[GaH3].[O-2].[Zn+2]. The van der Waals surface area contributed by atoms with Crippen LogP contribution in [0.5, 0.6) is 0 Å². The maximum Gasteiger partial charge on any atom is 2.00 e. The molecule has 0 aliphatic carbocycles. The van der Waals surface area contributed by atoms with Crippen molar-refractivity contribution in [1.29, 1.82) is 0 Å². The van der Waals surface area contributed by atoms with Crippen LogP contribution in [0, 0.1) is 0 Å². The molecular formula is H6AlGaOZn. The normalized spacial score (nSPS) is 0. The molecule has 0 aromatic heterocycles. The summed E-state index contributed by atoms with van der Waals surface area (Å²) in [6, 6.07) is 0. The minimum Gasteiger partial charge on any atom is -2.00 e. The van der Waals surface area contributed by atoms with E-state index in [1.807, 2.05) is 0 Å². The molecule has 0 bridgehead atoms. The van der Waals surface area contributed by atoms with Crippen molar-refractivity contribution >= 4 is 37.2 Å². The van der Waals surface area contributed by atoms with Crippen LogP contribution in [0.4, 0.5) is 0 Å². The molecule has 20 valence electrons. The van der Waals surface area contributed by atoms with E-state index in [4.69, 9.17) is 0 Å². The smallest absolute Gasteiger partial charge is 2.00 e. The van der Waals surface area contributed by atoms with E-state index < -0.39 is 0 Å². The van der Waals surface area contributed by atoms with Gasteiger partial charge in [-0.1, -0.05) is 0 Å². The minimum absolute atomic E-state index is 0. The van der Waals surface area contributed by atoms with E-state index in [1.165, 1.54) is 0 Å². The van der Waals surface area contributed by atoms with Crippen molar-refractivity contribution < 1.29 is 25.0 Å². The molecule has 0 spiro atoms. The Morgan fingerprint density at radius 3 is 1.00 bits per heavy atom. The van der Waals surface area contributed by atoms with Gasteiger partial charge in [-0.2, -0.15) is 0 Å². The quantitative estimate of drug-likeness (QED) is 0.373. The second-order valence-electron chi connectivity index (χ2n) is 0. The topological polar surface area (TPSA) is 28.5 Å². The summed E-state index contributed by atoms with van der Waals surface area (Å²) in [5.41, 5.74) is 0. The van der Waals surface area contributed by atoms with Crippen molar-refractivity contribution in [2.24, 2.45) is 0 Å². The van der Waals surface area contributed by atoms with Gasteiger partial charge in [0.1, 0.15) is 0 Å². The van der Waals surface area contributed by atoms with Crippen LogP contribution < -0.4 is 0 Å². The van der Waals surface area contributed by atoms with E-state index in [9.17, 15) is 0 Å². The van der Waals surface area contributed by atoms with Crippen molar-refractivity contribution in [2.75, 3.05) is 0 Å². The van der Waals surface area contributed by atoms with Crippen LogP contribution in [-0.4, -0.2) is 37.2 Å². The van der Waals surface area contributed by atoms with Crippen molar-refractivity contribution in [3.05, 3.63) is 0 Å². The third kappa shape index (κ3) is 9.26. The van der Waals surface area contributed by atoms with Gasteiger partial charge in [-0.15, -0.1) is 0 Å². The van der Waals surface area contributed by atoms with E-state index in [2.05, 4.69) is 0 Å². The summed E-state index contributed by atoms with van der Waals surface area (Å²) >= 11 is 0. The van der Waals surface area contributed by atoms with Gasteiger partial charge in [0.2, 0.25) is 0 Å². The molecule has 0 heterocycles. The Labute approximate surface area is 61.8 Å². The average molecular weight is 184 g/mol. The molecular weight excluding hydrogens is 178 g/mol. The van der Waals surface area contributed by atoms with E-state index >= 15 is 0 Å². The van der Waals surface area contributed by atoms with Crippen molar-refractivity contribution in [1.82, 2.24) is 0 Å². The zero-order chi connectivity index (χ0) is 0. The van der Waals surface area contributed by atoms with Gasteiger partial charge in [-0.05, 0) is 0 Å². The fourth-order valence-corrected chi connectivity index (χ4v) is 0. The van der Waals surface area contributed by atoms with Crippen molar-refractivity contribution in [2.45, 2.75) is 0 Å². The van der Waals surface area contributed by atoms with Gasteiger partial charge in [0.05, 0.1) is 0 Å². The molecule has 0 aliphatic heterocycles. The van der Waals surface area contributed by atoms with Gasteiger partial charge in [0.25, 0.3) is 0 Å². The molecule has 0 rings (SSSR count). The summed E-state index contributed by atoms with van der Waals surface area (Å²) in [6.45, 7) is 0. The van der Waals surface area contributed by atoms with E-state index in [0.717, 1.165) is 0 Å². The molecule has 4 heavy (non-hydrogen) atoms. The molecule has 0 aromatic rings. The molecule has 0 N–H and O–H groups in total. The molecule has 0 radical (unpaired) electrons. The molecule has 0 saturated heterocycles. The van der Waals surface area contributed by atoms with Crippen LogP contribution in [0.1, 0.15) is 0 Å². The number of hydrogen-bond donors (Lipinski definition) is 0. The Morgan fingerprint density at radius 2 is 1.00 bits per heavy atom. The van der Waals surface area contributed by atoms with E-state index in [-0.39, 0.29) is 62.1 Å². The van der Waals surface area contributed by atoms with Gasteiger partial charge in [0, 0.05) is 0 Å². The summed E-state index contributed by atoms with van der Waals surface area (Å²) in [6.07, 6.45) is 0. The Kier molecular flexibility index (Phi) is 231. The first-order valence-corrected chi connectivity index (χ1v) is 0. The van der Waals surface area contributed by atoms with Gasteiger partial charge in [-0.25, -0.2) is 0 Å². The third-order valence-corrected chi connectivity index (χ3v) is 0. The predicted molar refractivity (Wildman–Crippen MR) is 20.6 cm³/mol. The van der Waals surface area contributed by atoms with E-state index in [1.54, 1.807) is 0 Å². The second kappa shape index (κ2) is 21.8. The summed E-state index contributed by atoms with van der Waals surface area (Å²) in [7, 11) is 0. The number of rotatable bonds is 0. The van der Waals surface area contributed by atoms with Crippen LogP contribution in [0.25, 0.3) is 0 Å². The minimum atomic E-state index is 0.